The highest BCUT2D eigenvalue weighted by molar-refractivity contribution is 8.00. The Morgan fingerprint density at radius 3 is 2.30 bits per heavy atom. The second kappa shape index (κ2) is 10.1. The highest BCUT2D eigenvalue weighted by Crippen LogP contribution is 2.41. The van der Waals surface area contributed by atoms with Crippen molar-refractivity contribution in [2.45, 2.75) is 24.4 Å². The Hall–Kier alpha value is -3.36. The number of fused-ring (bicyclic) bond motifs is 1. The number of β-lactam (4-membered cyclic amide) rings is 1. The van der Waals surface area contributed by atoms with Gasteiger partial charge in [-0.15, -0.1) is 11.8 Å². The Morgan fingerprint density at radius 2 is 1.73 bits per heavy atom. The molecule has 170 valence electrons. The van der Waals surface area contributed by atoms with Crippen molar-refractivity contribution in [1.82, 2.24) is 4.90 Å². The van der Waals surface area contributed by atoms with Gasteiger partial charge in [0.15, 0.2) is 6.10 Å². The molecule has 0 aromatic heterocycles. The summed E-state index contributed by atoms with van der Waals surface area (Å²) in [5.74, 6) is -0.847. The molecule has 33 heavy (non-hydrogen) atoms. The highest BCUT2D eigenvalue weighted by atomic mass is 32.2. The number of nitrogens with zero attached hydrogens (tertiary/aromatic N) is 1. The maximum absolute atomic E-state index is 13.5. The summed E-state index contributed by atoms with van der Waals surface area (Å²) >= 11 is 1.49. The van der Waals surface area contributed by atoms with Gasteiger partial charge in [-0.3, -0.25) is 14.5 Å². The average Bonchev–Trinajstić information content (AvgIpc) is 2.85. The van der Waals surface area contributed by atoms with E-state index in [0.717, 1.165) is 11.1 Å². The molecule has 0 spiro atoms. The number of allylic oxidation sites excluding steroid dienone is 1. The molecule has 7 nitrogen and oxygen atoms in total. The first-order valence-corrected chi connectivity index (χ1v) is 11.6. The number of ether oxygens (including phenoxy) is 2. The van der Waals surface area contributed by atoms with Crippen LogP contribution < -0.4 is 5.73 Å². The van der Waals surface area contributed by atoms with Crippen molar-refractivity contribution in [2.75, 3.05) is 12.4 Å². The average molecular weight is 465 g/mol. The standard InChI is InChI=1S/C25H24N2O5S/c1-16(28)31-14-8-13-19-15-33-24-20(26)23(29)27(24)21(19)25(30)32-22(17-9-4-2-5-10-17)18-11-6-3-7-12-18/h2-13,20,22,24H,14-15,26H2,1H3/b13-8+/t20?,24-/m0/s1. The smallest absolute Gasteiger partial charge is 0.356 e. The second-order valence-electron chi connectivity index (χ2n) is 7.62. The van der Waals surface area contributed by atoms with Gasteiger partial charge < -0.3 is 15.2 Å². The van der Waals surface area contributed by atoms with Crippen LogP contribution in [0.4, 0.5) is 0 Å². The first-order chi connectivity index (χ1) is 16.0. The van der Waals surface area contributed by atoms with Crippen molar-refractivity contribution in [3.63, 3.8) is 0 Å². The molecule has 1 amide bonds. The quantitative estimate of drug-likeness (QED) is 0.497. The molecule has 1 saturated heterocycles. The summed E-state index contributed by atoms with van der Waals surface area (Å²) in [6, 6.07) is 18.2. The van der Waals surface area contributed by atoms with E-state index >= 15 is 0 Å². The zero-order valence-electron chi connectivity index (χ0n) is 18.0. The predicted molar refractivity (Wildman–Crippen MR) is 125 cm³/mol. The molecule has 4 rings (SSSR count). The Kier molecular flexibility index (Phi) is 6.96. The van der Waals surface area contributed by atoms with E-state index in [4.69, 9.17) is 15.2 Å². The molecule has 2 heterocycles. The topological polar surface area (TPSA) is 98.9 Å². The molecule has 1 unspecified atom stereocenters. The van der Waals surface area contributed by atoms with Gasteiger partial charge in [-0.1, -0.05) is 66.7 Å². The van der Waals surface area contributed by atoms with Crippen molar-refractivity contribution in [1.29, 1.82) is 0 Å². The largest absolute Gasteiger partial charge is 0.462 e. The summed E-state index contributed by atoms with van der Waals surface area (Å²) in [7, 11) is 0. The highest BCUT2D eigenvalue weighted by Gasteiger charge is 2.52. The molecular formula is C25H24N2O5S. The van der Waals surface area contributed by atoms with Crippen LogP contribution in [-0.2, 0) is 23.9 Å². The molecule has 0 saturated carbocycles. The number of rotatable bonds is 7. The molecule has 8 heteroatoms. The number of carbonyl (C=O) groups is 3. The molecule has 2 aromatic rings. The van der Waals surface area contributed by atoms with Crippen LogP contribution in [0.3, 0.4) is 0 Å². The number of amides is 1. The summed E-state index contributed by atoms with van der Waals surface area (Å²) < 4.78 is 11.0. The van der Waals surface area contributed by atoms with Crippen molar-refractivity contribution < 1.29 is 23.9 Å². The van der Waals surface area contributed by atoms with E-state index in [1.165, 1.54) is 23.6 Å². The molecule has 0 aliphatic carbocycles. The molecule has 2 aromatic carbocycles. The maximum atomic E-state index is 13.5. The fourth-order valence-corrected chi connectivity index (χ4v) is 5.03. The van der Waals surface area contributed by atoms with E-state index in [9.17, 15) is 14.4 Å². The van der Waals surface area contributed by atoms with E-state index in [1.54, 1.807) is 12.2 Å². The number of carbonyl (C=O) groups excluding carboxylic acids is 3. The van der Waals surface area contributed by atoms with Crippen LogP contribution in [0.5, 0.6) is 0 Å². The number of thioether (sulfide) groups is 1. The van der Waals surface area contributed by atoms with Crippen LogP contribution in [0, 0.1) is 0 Å². The number of esters is 2. The minimum absolute atomic E-state index is 0.0688. The first kappa shape index (κ1) is 22.8. The lowest BCUT2D eigenvalue weighted by Gasteiger charge is -2.48. The van der Waals surface area contributed by atoms with Gasteiger partial charge in [0.05, 0.1) is 0 Å². The number of hydrogen-bond donors (Lipinski definition) is 1. The van der Waals surface area contributed by atoms with Gasteiger partial charge >= 0.3 is 11.9 Å². The monoisotopic (exact) mass is 464 g/mol. The van der Waals surface area contributed by atoms with Gasteiger partial charge in [-0.2, -0.15) is 0 Å². The maximum Gasteiger partial charge on any atom is 0.356 e. The van der Waals surface area contributed by atoms with Crippen LogP contribution in [0.2, 0.25) is 0 Å². The molecule has 0 radical (unpaired) electrons. The van der Waals surface area contributed by atoms with E-state index < -0.39 is 24.1 Å². The van der Waals surface area contributed by atoms with Crippen LogP contribution in [0.15, 0.2) is 84.1 Å². The Balaban J connectivity index is 1.66. The van der Waals surface area contributed by atoms with Gasteiger partial charge in [0.25, 0.3) is 0 Å². The molecule has 2 aliphatic rings. The summed E-state index contributed by atoms with van der Waals surface area (Å²) in [6.07, 6.45) is 2.69. The number of hydrogen-bond acceptors (Lipinski definition) is 7. The van der Waals surface area contributed by atoms with Crippen LogP contribution >= 0.6 is 11.8 Å². The minimum atomic E-state index is -0.650. The zero-order chi connectivity index (χ0) is 23.4. The lowest BCUT2D eigenvalue weighted by Crippen LogP contribution is -2.68. The van der Waals surface area contributed by atoms with Crippen molar-refractivity contribution in [3.05, 3.63) is 95.2 Å². The van der Waals surface area contributed by atoms with Gasteiger partial charge in [0.2, 0.25) is 5.91 Å². The second-order valence-corrected chi connectivity index (χ2v) is 8.73. The summed E-state index contributed by atoms with van der Waals surface area (Å²) in [6.45, 7) is 1.39. The van der Waals surface area contributed by atoms with Gasteiger partial charge in [0, 0.05) is 12.7 Å². The zero-order valence-corrected chi connectivity index (χ0v) is 18.9. The summed E-state index contributed by atoms with van der Waals surface area (Å²) in [5.41, 5.74) is 8.40. The lowest BCUT2D eigenvalue weighted by atomic mass is 10.0. The number of nitrogens with two attached hydrogens (primary N) is 1. The minimum Gasteiger partial charge on any atom is -0.462 e. The predicted octanol–water partition coefficient (Wildman–Crippen LogP) is 2.94. The molecule has 1 fully saturated rings. The van der Waals surface area contributed by atoms with Crippen LogP contribution in [0.25, 0.3) is 0 Å². The van der Waals surface area contributed by atoms with E-state index in [-0.39, 0.29) is 23.6 Å². The normalized spacial score (nSPS) is 20.0. The van der Waals surface area contributed by atoms with Gasteiger partial charge in [0.1, 0.15) is 23.7 Å². The van der Waals surface area contributed by atoms with Gasteiger partial charge in [-0.05, 0) is 22.8 Å². The SMILES string of the molecule is CC(=O)OC/C=C/C1=C(C(=O)OC(c2ccccc2)c2ccccc2)N2C(=O)C(N)[C@@H]2SC1. The Labute approximate surface area is 196 Å². The van der Waals surface area contributed by atoms with Gasteiger partial charge in [-0.25, -0.2) is 4.79 Å². The molecule has 2 aliphatic heterocycles. The third-order valence-corrected chi connectivity index (χ3v) is 6.69. The summed E-state index contributed by atoms with van der Waals surface area (Å²) in [4.78, 5) is 38.5. The summed E-state index contributed by atoms with van der Waals surface area (Å²) in [5, 5.41) is -0.308. The Bertz CT molecular complexity index is 1060. The Morgan fingerprint density at radius 1 is 1.12 bits per heavy atom. The number of benzene rings is 2. The molecular weight excluding hydrogens is 440 g/mol. The third kappa shape index (κ3) is 4.86. The first-order valence-electron chi connectivity index (χ1n) is 10.5. The van der Waals surface area contributed by atoms with E-state index in [0.29, 0.717) is 11.3 Å². The van der Waals surface area contributed by atoms with E-state index in [2.05, 4.69) is 0 Å². The van der Waals surface area contributed by atoms with Crippen molar-refractivity contribution >= 4 is 29.6 Å². The fraction of sp³-hybridized carbons (Fsp3) is 0.240. The van der Waals surface area contributed by atoms with Crippen LogP contribution in [-0.4, -0.2) is 46.5 Å². The molecule has 2 N–H and O–H groups in total. The molecule has 0 bridgehead atoms. The third-order valence-electron chi connectivity index (χ3n) is 5.36. The van der Waals surface area contributed by atoms with Crippen molar-refractivity contribution in [2.24, 2.45) is 5.73 Å². The fourth-order valence-electron chi connectivity index (χ4n) is 3.76. The lowest BCUT2D eigenvalue weighted by molar-refractivity contribution is -0.153. The molecule has 2 atom stereocenters. The van der Waals surface area contributed by atoms with E-state index in [1.807, 2.05) is 60.7 Å². The van der Waals surface area contributed by atoms with Crippen molar-refractivity contribution in [3.8, 4) is 0 Å². The van der Waals surface area contributed by atoms with Crippen LogP contribution in [0.1, 0.15) is 24.2 Å².